The summed E-state index contributed by atoms with van der Waals surface area (Å²) in [5.41, 5.74) is 27.2. The fraction of sp³-hybridized carbons (Fsp3) is 0.333. The zero-order valence-electron chi connectivity index (χ0n) is 25.2. The predicted octanol–water partition coefficient (Wildman–Crippen LogP) is 8.10. The van der Waals surface area contributed by atoms with E-state index >= 15 is 0 Å². The van der Waals surface area contributed by atoms with Gasteiger partial charge in [-0.25, -0.2) is 0 Å². The third-order valence-electron chi connectivity index (χ3n) is 8.33. The fourth-order valence-corrected chi connectivity index (χ4v) is 6.87. The van der Waals surface area contributed by atoms with E-state index in [1.54, 1.807) is 7.11 Å². The molecule has 4 aromatic carbocycles. The molecule has 208 valence electrons. The molecule has 4 N–H and O–H groups in total. The standard InChI is InChI=1S/C36H42N2O2/c1-20-11-26-9-10-27(18-28(26)12-20)29-13-21(2)33(32(37)19-29)30-14-22(3)34(23(4)15-30)36(7,38)40-31-16-24(5)35(39-8)25(6)17-31/h9-10,13-20H,11-12,37-38H2,1-8H3. The largest absolute Gasteiger partial charge is 0.496 e. The topological polar surface area (TPSA) is 70.5 Å². The highest BCUT2D eigenvalue weighted by atomic mass is 16.5. The lowest BCUT2D eigenvalue weighted by molar-refractivity contribution is 0.0930. The second kappa shape index (κ2) is 10.3. The smallest absolute Gasteiger partial charge is 0.182 e. The molecular weight excluding hydrogens is 492 g/mol. The van der Waals surface area contributed by atoms with Gasteiger partial charge in [-0.15, -0.1) is 0 Å². The SMILES string of the molecule is COc1c(C)cc(OC(C)(N)c2c(C)cc(-c3c(C)cc(-c4ccc5c(c4)CC(C)C5)cc3N)cc2C)cc1C. The van der Waals surface area contributed by atoms with E-state index in [9.17, 15) is 0 Å². The first-order valence-electron chi connectivity index (χ1n) is 14.2. The first-order valence-corrected chi connectivity index (χ1v) is 14.2. The van der Waals surface area contributed by atoms with E-state index in [0.29, 0.717) is 0 Å². The van der Waals surface area contributed by atoms with Crippen LogP contribution in [0.25, 0.3) is 22.3 Å². The Kier molecular flexibility index (Phi) is 7.18. The van der Waals surface area contributed by atoms with Crippen LogP contribution in [0, 0.1) is 40.5 Å². The van der Waals surface area contributed by atoms with Gasteiger partial charge in [-0.1, -0.05) is 43.3 Å². The van der Waals surface area contributed by atoms with Gasteiger partial charge in [0.25, 0.3) is 0 Å². The number of benzene rings is 4. The first kappa shape index (κ1) is 27.8. The van der Waals surface area contributed by atoms with Crippen LogP contribution in [0.1, 0.15) is 58.4 Å². The summed E-state index contributed by atoms with van der Waals surface area (Å²) >= 11 is 0. The number of nitrogen functional groups attached to an aromatic ring is 1. The minimum absolute atomic E-state index is 0.721. The van der Waals surface area contributed by atoms with E-state index in [1.807, 2.05) is 32.9 Å². The van der Waals surface area contributed by atoms with Crippen LogP contribution in [0.4, 0.5) is 5.69 Å². The molecule has 0 saturated carbocycles. The molecular formula is C36H42N2O2. The van der Waals surface area contributed by atoms with E-state index < -0.39 is 5.72 Å². The third-order valence-corrected chi connectivity index (χ3v) is 8.33. The maximum absolute atomic E-state index is 6.84. The van der Waals surface area contributed by atoms with E-state index in [0.717, 1.165) is 74.0 Å². The summed E-state index contributed by atoms with van der Waals surface area (Å²) in [5.74, 6) is 2.31. The van der Waals surface area contributed by atoms with Crippen molar-refractivity contribution in [1.29, 1.82) is 0 Å². The number of fused-ring (bicyclic) bond motifs is 1. The van der Waals surface area contributed by atoms with Crippen LogP contribution in [0.5, 0.6) is 11.5 Å². The van der Waals surface area contributed by atoms with Crippen LogP contribution in [0.3, 0.4) is 0 Å². The lowest BCUT2D eigenvalue weighted by Gasteiger charge is -2.31. The lowest BCUT2D eigenvalue weighted by atomic mass is 9.87. The Morgan fingerprint density at radius 1 is 0.725 bits per heavy atom. The molecule has 40 heavy (non-hydrogen) atoms. The summed E-state index contributed by atoms with van der Waals surface area (Å²) in [6.45, 7) is 14.6. The molecule has 0 aromatic heterocycles. The third kappa shape index (κ3) is 5.09. The van der Waals surface area contributed by atoms with E-state index in [2.05, 4.69) is 70.2 Å². The van der Waals surface area contributed by atoms with Crippen LogP contribution < -0.4 is 20.9 Å². The van der Waals surface area contributed by atoms with Gasteiger partial charge < -0.3 is 15.2 Å². The molecule has 0 bridgehead atoms. The Labute approximate surface area is 239 Å². The zero-order valence-corrected chi connectivity index (χ0v) is 25.2. The minimum Gasteiger partial charge on any atom is -0.496 e. The summed E-state index contributed by atoms with van der Waals surface area (Å²) in [4.78, 5) is 0. The van der Waals surface area contributed by atoms with E-state index in [4.69, 9.17) is 20.9 Å². The molecule has 4 aromatic rings. The average molecular weight is 535 g/mol. The van der Waals surface area contributed by atoms with Crippen molar-refractivity contribution >= 4 is 5.69 Å². The van der Waals surface area contributed by atoms with Crippen molar-refractivity contribution in [1.82, 2.24) is 0 Å². The molecule has 5 rings (SSSR count). The highest BCUT2D eigenvalue weighted by Crippen LogP contribution is 2.39. The number of hydrogen-bond acceptors (Lipinski definition) is 4. The monoisotopic (exact) mass is 534 g/mol. The molecule has 1 aliphatic rings. The van der Waals surface area contributed by atoms with Gasteiger partial charge in [0.2, 0.25) is 0 Å². The van der Waals surface area contributed by atoms with Crippen molar-refractivity contribution in [3.05, 3.63) is 99.1 Å². The molecule has 0 fully saturated rings. The molecule has 1 aliphatic carbocycles. The highest BCUT2D eigenvalue weighted by molar-refractivity contribution is 5.85. The number of anilines is 1. The average Bonchev–Trinajstić information content (AvgIpc) is 3.21. The summed E-state index contributed by atoms with van der Waals surface area (Å²) in [7, 11) is 1.69. The highest BCUT2D eigenvalue weighted by Gasteiger charge is 2.29. The fourth-order valence-electron chi connectivity index (χ4n) is 6.87. The molecule has 4 heteroatoms. The lowest BCUT2D eigenvalue weighted by Crippen LogP contribution is -2.40. The first-order chi connectivity index (χ1) is 18.9. The van der Waals surface area contributed by atoms with Crippen molar-refractivity contribution in [2.24, 2.45) is 11.7 Å². The van der Waals surface area contributed by atoms with Gasteiger partial charge in [-0.05, 0) is 134 Å². The molecule has 2 unspecified atom stereocenters. The molecule has 0 amide bonds. The summed E-state index contributed by atoms with van der Waals surface area (Å²) < 4.78 is 11.9. The Morgan fingerprint density at radius 2 is 1.32 bits per heavy atom. The minimum atomic E-state index is -1.02. The van der Waals surface area contributed by atoms with Gasteiger partial charge in [0.05, 0.1) is 7.11 Å². The quantitative estimate of drug-likeness (QED) is 0.194. The van der Waals surface area contributed by atoms with Crippen LogP contribution in [-0.4, -0.2) is 7.11 Å². The van der Waals surface area contributed by atoms with Crippen molar-refractivity contribution in [2.75, 3.05) is 12.8 Å². The molecule has 0 heterocycles. The maximum atomic E-state index is 6.84. The van der Waals surface area contributed by atoms with Gasteiger partial charge in [-0.2, -0.15) is 0 Å². The molecule has 0 radical (unpaired) electrons. The number of methoxy groups -OCH3 is 1. The Bertz CT molecular complexity index is 1550. The summed E-state index contributed by atoms with van der Waals surface area (Å²) in [6.07, 6.45) is 2.33. The Morgan fingerprint density at radius 3 is 1.93 bits per heavy atom. The second-order valence-electron chi connectivity index (χ2n) is 12.0. The normalized spacial score (nSPS) is 16.0. The predicted molar refractivity (Wildman–Crippen MR) is 167 cm³/mol. The molecule has 4 nitrogen and oxygen atoms in total. The van der Waals surface area contributed by atoms with Crippen LogP contribution in [0.2, 0.25) is 0 Å². The van der Waals surface area contributed by atoms with Gasteiger partial charge in [0, 0.05) is 16.8 Å². The van der Waals surface area contributed by atoms with Gasteiger partial charge in [-0.3, -0.25) is 5.73 Å². The summed E-state index contributed by atoms with van der Waals surface area (Å²) in [6, 6.07) is 19.6. The number of aryl methyl sites for hydroxylation is 5. The number of hydrogen-bond donors (Lipinski definition) is 2. The molecule has 0 spiro atoms. The number of rotatable bonds is 6. The molecule has 0 saturated heterocycles. The number of ether oxygens (including phenoxy) is 2. The van der Waals surface area contributed by atoms with E-state index in [1.165, 1.54) is 28.7 Å². The zero-order chi connectivity index (χ0) is 28.9. The second-order valence-corrected chi connectivity index (χ2v) is 12.0. The van der Waals surface area contributed by atoms with Crippen LogP contribution in [0.15, 0.2) is 54.6 Å². The van der Waals surface area contributed by atoms with Crippen LogP contribution in [-0.2, 0) is 18.6 Å². The van der Waals surface area contributed by atoms with Crippen molar-refractivity contribution < 1.29 is 9.47 Å². The molecule has 0 aliphatic heterocycles. The molecule has 2 atom stereocenters. The number of nitrogens with two attached hydrogens (primary N) is 2. The van der Waals surface area contributed by atoms with E-state index in [-0.39, 0.29) is 0 Å². The van der Waals surface area contributed by atoms with Gasteiger partial charge in [0.1, 0.15) is 11.5 Å². The van der Waals surface area contributed by atoms with Gasteiger partial charge in [0.15, 0.2) is 5.72 Å². The Hall–Kier alpha value is -3.76. The van der Waals surface area contributed by atoms with Crippen molar-refractivity contribution in [2.45, 2.75) is 67.0 Å². The van der Waals surface area contributed by atoms with Crippen molar-refractivity contribution in [3.8, 4) is 33.8 Å². The van der Waals surface area contributed by atoms with Crippen molar-refractivity contribution in [3.63, 3.8) is 0 Å². The Balaban J connectivity index is 1.48. The maximum Gasteiger partial charge on any atom is 0.182 e. The summed E-state index contributed by atoms with van der Waals surface area (Å²) in [5, 5.41) is 0. The van der Waals surface area contributed by atoms with Crippen LogP contribution >= 0.6 is 0 Å². The van der Waals surface area contributed by atoms with Gasteiger partial charge >= 0.3 is 0 Å².